The van der Waals surface area contributed by atoms with Crippen molar-refractivity contribution in [2.75, 3.05) is 6.54 Å². The van der Waals surface area contributed by atoms with Crippen molar-refractivity contribution in [3.05, 3.63) is 12.2 Å². The Labute approximate surface area is 99.4 Å². The molecule has 2 atom stereocenters. The molecule has 1 saturated carbocycles. The molecule has 1 aromatic rings. The smallest absolute Gasteiger partial charge is 0.306 e. The highest BCUT2D eigenvalue weighted by Crippen LogP contribution is 2.29. The summed E-state index contributed by atoms with van der Waals surface area (Å²) in [7, 11) is 0. The zero-order chi connectivity index (χ0) is 12.1. The van der Waals surface area contributed by atoms with Crippen LogP contribution in [0.5, 0.6) is 0 Å². The Balaban J connectivity index is 1.78. The van der Waals surface area contributed by atoms with Crippen LogP contribution in [-0.4, -0.2) is 27.8 Å². The van der Waals surface area contributed by atoms with Crippen molar-refractivity contribution in [1.29, 1.82) is 0 Å². The van der Waals surface area contributed by atoms with Crippen LogP contribution in [0.2, 0.25) is 0 Å². The molecule has 0 spiro atoms. The van der Waals surface area contributed by atoms with Crippen molar-refractivity contribution in [1.82, 2.24) is 15.5 Å². The number of hydrogen-bond acceptors (Lipinski definition) is 5. The molecule has 1 fully saturated rings. The molecule has 17 heavy (non-hydrogen) atoms. The lowest BCUT2D eigenvalue weighted by atomic mass is 9.79. The summed E-state index contributed by atoms with van der Waals surface area (Å²) in [6.45, 7) is 1.20. The summed E-state index contributed by atoms with van der Waals surface area (Å²) < 4.78 is 4.86. The van der Waals surface area contributed by atoms with E-state index in [0.717, 1.165) is 25.7 Å². The van der Waals surface area contributed by atoms with E-state index in [0.29, 0.717) is 19.0 Å². The van der Waals surface area contributed by atoms with E-state index in [-0.39, 0.29) is 11.8 Å². The maximum atomic E-state index is 11.1. The normalized spacial score (nSPS) is 24.7. The topological polar surface area (TPSA) is 88.2 Å². The quantitative estimate of drug-likeness (QED) is 0.798. The van der Waals surface area contributed by atoms with Crippen molar-refractivity contribution < 1.29 is 14.4 Å². The maximum absolute atomic E-state index is 11.1. The van der Waals surface area contributed by atoms with Gasteiger partial charge in [-0.25, -0.2) is 0 Å². The fraction of sp³-hybridized carbons (Fsp3) is 0.727. The van der Waals surface area contributed by atoms with E-state index in [1.54, 1.807) is 0 Å². The van der Waals surface area contributed by atoms with Gasteiger partial charge in [0.15, 0.2) is 6.33 Å². The summed E-state index contributed by atoms with van der Waals surface area (Å²) in [5, 5.41) is 15.8. The minimum absolute atomic E-state index is 0.209. The highest BCUT2D eigenvalue weighted by molar-refractivity contribution is 5.70. The Morgan fingerprint density at radius 1 is 1.53 bits per heavy atom. The van der Waals surface area contributed by atoms with Crippen LogP contribution >= 0.6 is 0 Å². The highest BCUT2D eigenvalue weighted by Gasteiger charge is 2.30. The first-order valence-corrected chi connectivity index (χ1v) is 5.96. The van der Waals surface area contributed by atoms with E-state index in [9.17, 15) is 4.79 Å². The fourth-order valence-corrected chi connectivity index (χ4v) is 2.42. The largest absolute Gasteiger partial charge is 0.481 e. The molecular formula is C11H17N3O3. The van der Waals surface area contributed by atoms with Gasteiger partial charge in [0.1, 0.15) is 0 Å². The number of carbonyl (C=O) groups is 1. The van der Waals surface area contributed by atoms with Gasteiger partial charge in [-0.3, -0.25) is 4.79 Å². The standard InChI is InChI=1S/C11H17N3O3/c15-11(16)9-4-2-1-3-8(9)5-12-6-10-13-7-14-17-10/h7-9,12H,1-6H2,(H,15,16). The summed E-state index contributed by atoms with van der Waals surface area (Å²) in [4.78, 5) is 15.0. The van der Waals surface area contributed by atoms with Crippen LogP contribution in [0.15, 0.2) is 10.9 Å². The summed E-state index contributed by atoms with van der Waals surface area (Å²) in [6.07, 6.45) is 5.28. The lowest BCUT2D eigenvalue weighted by Crippen LogP contribution is -2.34. The number of aromatic nitrogens is 2. The Kier molecular flexibility index (Phi) is 4.08. The van der Waals surface area contributed by atoms with Crippen molar-refractivity contribution in [2.24, 2.45) is 11.8 Å². The van der Waals surface area contributed by atoms with E-state index in [4.69, 9.17) is 9.63 Å². The van der Waals surface area contributed by atoms with Crippen LogP contribution in [0.1, 0.15) is 31.6 Å². The van der Waals surface area contributed by atoms with E-state index < -0.39 is 5.97 Å². The zero-order valence-corrected chi connectivity index (χ0v) is 9.63. The lowest BCUT2D eigenvalue weighted by molar-refractivity contribution is -0.144. The van der Waals surface area contributed by atoms with Gasteiger partial charge in [0.05, 0.1) is 12.5 Å². The maximum Gasteiger partial charge on any atom is 0.306 e. The number of nitrogens with zero attached hydrogens (tertiary/aromatic N) is 2. The molecular weight excluding hydrogens is 222 g/mol. The first-order valence-electron chi connectivity index (χ1n) is 5.96. The number of carboxylic acid groups (broad SMARTS) is 1. The van der Waals surface area contributed by atoms with Crippen LogP contribution in [0.25, 0.3) is 0 Å². The molecule has 0 saturated heterocycles. The van der Waals surface area contributed by atoms with Gasteiger partial charge >= 0.3 is 5.97 Å². The third-order valence-electron chi connectivity index (χ3n) is 3.32. The van der Waals surface area contributed by atoms with Crippen LogP contribution in [0.4, 0.5) is 0 Å². The highest BCUT2D eigenvalue weighted by atomic mass is 16.5. The van der Waals surface area contributed by atoms with E-state index in [1.165, 1.54) is 6.33 Å². The van der Waals surface area contributed by atoms with Gasteiger partial charge in [0, 0.05) is 0 Å². The molecule has 1 heterocycles. The van der Waals surface area contributed by atoms with E-state index in [1.807, 2.05) is 0 Å². The molecule has 6 nitrogen and oxygen atoms in total. The van der Waals surface area contributed by atoms with Gasteiger partial charge in [-0.1, -0.05) is 18.0 Å². The Morgan fingerprint density at radius 3 is 3.06 bits per heavy atom. The first-order chi connectivity index (χ1) is 8.27. The van der Waals surface area contributed by atoms with Crippen LogP contribution < -0.4 is 5.32 Å². The number of hydrogen-bond donors (Lipinski definition) is 2. The molecule has 0 aliphatic heterocycles. The van der Waals surface area contributed by atoms with E-state index >= 15 is 0 Å². The minimum atomic E-state index is -0.672. The van der Waals surface area contributed by atoms with Gasteiger partial charge in [0.25, 0.3) is 0 Å². The SMILES string of the molecule is O=C(O)C1CCCCC1CNCc1ncno1. The average molecular weight is 239 g/mol. The third-order valence-corrected chi connectivity index (χ3v) is 3.32. The molecule has 6 heteroatoms. The van der Waals surface area contributed by atoms with Gasteiger partial charge in [0.2, 0.25) is 5.89 Å². The molecule has 0 radical (unpaired) electrons. The molecule has 0 bridgehead atoms. The summed E-state index contributed by atoms with van der Waals surface area (Å²) in [5.41, 5.74) is 0. The Hall–Kier alpha value is -1.43. The van der Waals surface area contributed by atoms with E-state index in [2.05, 4.69) is 15.5 Å². The molecule has 1 aliphatic rings. The third kappa shape index (κ3) is 3.26. The predicted octanol–water partition coefficient (Wildman–Crippen LogP) is 1.05. The minimum Gasteiger partial charge on any atom is -0.481 e. The van der Waals surface area contributed by atoms with Gasteiger partial charge in [-0.2, -0.15) is 4.98 Å². The van der Waals surface area contributed by atoms with Crippen LogP contribution in [0.3, 0.4) is 0 Å². The molecule has 1 aromatic heterocycles. The fourth-order valence-electron chi connectivity index (χ4n) is 2.42. The molecule has 2 N–H and O–H groups in total. The molecule has 2 rings (SSSR count). The molecule has 94 valence electrons. The van der Waals surface area contributed by atoms with Crippen LogP contribution in [-0.2, 0) is 11.3 Å². The van der Waals surface area contributed by atoms with Gasteiger partial charge in [-0.05, 0) is 25.3 Å². The van der Waals surface area contributed by atoms with Gasteiger partial charge < -0.3 is 14.9 Å². The second-order valence-electron chi connectivity index (χ2n) is 4.46. The average Bonchev–Trinajstić information content (AvgIpc) is 2.82. The molecule has 2 unspecified atom stereocenters. The second-order valence-corrected chi connectivity index (χ2v) is 4.46. The number of rotatable bonds is 5. The first kappa shape index (κ1) is 12.0. The number of carboxylic acids is 1. The zero-order valence-electron chi connectivity index (χ0n) is 9.63. The summed E-state index contributed by atoms with van der Waals surface area (Å²) >= 11 is 0. The number of nitrogens with one attached hydrogen (secondary N) is 1. The van der Waals surface area contributed by atoms with Crippen molar-refractivity contribution in [2.45, 2.75) is 32.2 Å². The lowest BCUT2D eigenvalue weighted by Gasteiger charge is -2.28. The van der Waals surface area contributed by atoms with Crippen LogP contribution in [0, 0.1) is 11.8 Å². The number of aliphatic carboxylic acids is 1. The molecule has 1 aliphatic carbocycles. The molecule has 0 amide bonds. The summed E-state index contributed by atoms with van der Waals surface area (Å²) in [5.74, 6) is -0.134. The Morgan fingerprint density at radius 2 is 2.35 bits per heavy atom. The Bertz CT molecular complexity index is 353. The van der Waals surface area contributed by atoms with Gasteiger partial charge in [-0.15, -0.1) is 0 Å². The second kappa shape index (κ2) is 5.77. The van der Waals surface area contributed by atoms with Crippen molar-refractivity contribution in [3.63, 3.8) is 0 Å². The predicted molar refractivity (Wildman–Crippen MR) is 59.1 cm³/mol. The van der Waals surface area contributed by atoms with Crippen molar-refractivity contribution >= 4 is 5.97 Å². The summed E-state index contributed by atoms with van der Waals surface area (Å²) in [6, 6.07) is 0. The monoisotopic (exact) mass is 239 g/mol. The van der Waals surface area contributed by atoms with Crippen molar-refractivity contribution in [3.8, 4) is 0 Å². The molecule has 0 aromatic carbocycles.